The van der Waals surface area contributed by atoms with Crippen molar-refractivity contribution in [2.75, 3.05) is 6.54 Å². The Balaban J connectivity index is 1.96. The first-order valence-corrected chi connectivity index (χ1v) is 7.73. The molecular weight excluding hydrogens is 278 g/mol. The van der Waals surface area contributed by atoms with Gasteiger partial charge in [0.25, 0.3) is 0 Å². The highest BCUT2D eigenvalue weighted by molar-refractivity contribution is 5.79. The van der Waals surface area contributed by atoms with Crippen molar-refractivity contribution in [3.8, 4) is 0 Å². The van der Waals surface area contributed by atoms with E-state index in [0.29, 0.717) is 19.0 Å². The molecule has 0 saturated heterocycles. The summed E-state index contributed by atoms with van der Waals surface area (Å²) in [6, 6.07) is 3.82. The summed E-state index contributed by atoms with van der Waals surface area (Å²) in [6.07, 6.45) is 5.51. The zero-order valence-electron chi connectivity index (χ0n) is 13.5. The molecule has 2 rings (SSSR count). The second-order valence-corrected chi connectivity index (χ2v) is 5.52. The molecule has 0 radical (unpaired) electrons. The largest absolute Gasteiger partial charge is 0.467 e. The molecule has 6 nitrogen and oxygen atoms in total. The summed E-state index contributed by atoms with van der Waals surface area (Å²) in [4.78, 5) is 8.99. The molecule has 6 heteroatoms. The third kappa shape index (κ3) is 4.95. The summed E-state index contributed by atoms with van der Waals surface area (Å²) in [5.74, 6) is 3.20. The van der Waals surface area contributed by atoms with Crippen LogP contribution in [-0.4, -0.2) is 22.1 Å². The summed E-state index contributed by atoms with van der Waals surface area (Å²) in [6.45, 7) is 9.37. The second kappa shape index (κ2) is 8.26. The van der Waals surface area contributed by atoms with Gasteiger partial charge in [0.05, 0.1) is 12.8 Å². The Morgan fingerprint density at radius 2 is 2.27 bits per heavy atom. The number of hydrogen-bond donors (Lipinski definition) is 2. The van der Waals surface area contributed by atoms with Gasteiger partial charge in [0.1, 0.15) is 18.1 Å². The maximum atomic E-state index is 5.31. The van der Waals surface area contributed by atoms with Crippen LogP contribution in [0.5, 0.6) is 0 Å². The highest BCUT2D eigenvalue weighted by Crippen LogP contribution is 2.05. The Morgan fingerprint density at radius 1 is 1.41 bits per heavy atom. The molecule has 0 fully saturated rings. The van der Waals surface area contributed by atoms with E-state index in [0.717, 1.165) is 30.6 Å². The first kappa shape index (κ1) is 16.1. The van der Waals surface area contributed by atoms with Crippen LogP contribution in [0.3, 0.4) is 0 Å². The van der Waals surface area contributed by atoms with Gasteiger partial charge in [-0.25, -0.2) is 9.98 Å². The van der Waals surface area contributed by atoms with Crippen molar-refractivity contribution in [1.29, 1.82) is 0 Å². The average Bonchev–Trinajstić information content (AvgIpc) is 3.13. The van der Waals surface area contributed by atoms with Crippen LogP contribution < -0.4 is 10.6 Å². The Labute approximate surface area is 131 Å². The molecule has 2 heterocycles. The molecule has 0 bridgehead atoms. The van der Waals surface area contributed by atoms with E-state index in [4.69, 9.17) is 4.42 Å². The normalized spacial score (nSPS) is 11.9. The fourth-order valence-corrected chi connectivity index (χ4v) is 2.13. The number of nitrogens with zero attached hydrogens (tertiary/aromatic N) is 3. The third-order valence-electron chi connectivity index (χ3n) is 3.10. The number of guanidine groups is 1. The fourth-order valence-electron chi connectivity index (χ4n) is 2.13. The first-order chi connectivity index (χ1) is 10.7. The molecule has 22 heavy (non-hydrogen) atoms. The Kier molecular flexibility index (Phi) is 6.06. The van der Waals surface area contributed by atoms with Gasteiger partial charge in [-0.1, -0.05) is 13.8 Å². The van der Waals surface area contributed by atoms with E-state index in [2.05, 4.69) is 39.0 Å². The van der Waals surface area contributed by atoms with Gasteiger partial charge < -0.3 is 19.6 Å². The second-order valence-electron chi connectivity index (χ2n) is 5.52. The van der Waals surface area contributed by atoms with E-state index < -0.39 is 0 Å². The van der Waals surface area contributed by atoms with Gasteiger partial charge in [-0.2, -0.15) is 0 Å². The van der Waals surface area contributed by atoms with E-state index in [1.165, 1.54) is 0 Å². The van der Waals surface area contributed by atoms with Crippen LogP contribution in [0.4, 0.5) is 0 Å². The van der Waals surface area contributed by atoms with Gasteiger partial charge in [-0.15, -0.1) is 0 Å². The summed E-state index contributed by atoms with van der Waals surface area (Å²) >= 11 is 0. The van der Waals surface area contributed by atoms with Crippen molar-refractivity contribution in [3.05, 3.63) is 42.4 Å². The number of hydrogen-bond acceptors (Lipinski definition) is 3. The molecule has 0 aliphatic heterocycles. The molecule has 0 aliphatic carbocycles. The van der Waals surface area contributed by atoms with Gasteiger partial charge in [-0.3, -0.25) is 0 Å². The minimum Gasteiger partial charge on any atom is -0.467 e. The van der Waals surface area contributed by atoms with Gasteiger partial charge >= 0.3 is 0 Å². The molecule has 2 aromatic rings. The lowest BCUT2D eigenvalue weighted by Gasteiger charge is -2.11. The summed E-state index contributed by atoms with van der Waals surface area (Å²) in [5, 5.41) is 6.48. The Hall–Kier alpha value is -2.24. The van der Waals surface area contributed by atoms with Crippen LogP contribution >= 0.6 is 0 Å². The molecule has 0 aromatic carbocycles. The number of nitrogens with one attached hydrogen (secondary N) is 2. The Morgan fingerprint density at radius 3 is 2.95 bits per heavy atom. The number of aliphatic imine (C=N–C) groups is 1. The van der Waals surface area contributed by atoms with E-state index >= 15 is 0 Å². The van der Waals surface area contributed by atoms with Gasteiger partial charge in [0.2, 0.25) is 0 Å². The average molecular weight is 303 g/mol. The molecule has 0 unspecified atom stereocenters. The lowest BCUT2D eigenvalue weighted by Crippen LogP contribution is -2.36. The quantitative estimate of drug-likeness (QED) is 0.609. The van der Waals surface area contributed by atoms with Crippen molar-refractivity contribution in [1.82, 2.24) is 20.2 Å². The zero-order chi connectivity index (χ0) is 15.8. The van der Waals surface area contributed by atoms with Crippen LogP contribution in [0, 0.1) is 5.92 Å². The van der Waals surface area contributed by atoms with Crippen molar-refractivity contribution in [3.63, 3.8) is 0 Å². The molecule has 2 aromatic heterocycles. The third-order valence-corrected chi connectivity index (χ3v) is 3.10. The topological polar surface area (TPSA) is 67.4 Å². The number of furan rings is 1. The van der Waals surface area contributed by atoms with Crippen LogP contribution in [-0.2, 0) is 19.6 Å². The van der Waals surface area contributed by atoms with E-state index in [1.54, 1.807) is 6.26 Å². The summed E-state index contributed by atoms with van der Waals surface area (Å²) in [5.41, 5.74) is 0. The molecule has 0 spiro atoms. The maximum Gasteiger partial charge on any atom is 0.192 e. The van der Waals surface area contributed by atoms with Crippen LogP contribution in [0.15, 0.2) is 40.2 Å². The highest BCUT2D eigenvalue weighted by atomic mass is 16.3. The molecular formula is C16H25N5O. The van der Waals surface area contributed by atoms with Gasteiger partial charge in [0.15, 0.2) is 5.96 Å². The van der Waals surface area contributed by atoms with E-state index in [9.17, 15) is 0 Å². The van der Waals surface area contributed by atoms with Crippen molar-refractivity contribution in [2.45, 2.75) is 40.4 Å². The SMILES string of the molecule is CCNC(=NCc1nccn1CC(C)C)NCc1ccco1. The van der Waals surface area contributed by atoms with Gasteiger partial charge in [-0.05, 0) is 25.0 Å². The smallest absolute Gasteiger partial charge is 0.192 e. The fraction of sp³-hybridized carbons (Fsp3) is 0.500. The van der Waals surface area contributed by atoms with Crippen LogP contribution in [0.25, 0.3) is 0 Å². The first-order valence-electron chi connectivity index (χ1n) is 7.73. The number of rotatable bonds is 7. The minimum atomic E-state index is 0.549. The highest BCUT2D eigenvalue weighted by Gasteiger charge is 2.05. The lowest BCUT2D eigenvalue weighted by atomic mass is 10.2. The molecule has 0 aliphatic rings. The van der Waals surface area contributed by atoms with Crippen molar-refractivity contribution >= 4 is 5.96 Å². The van der Waals surface area contributed by atoms with Crippen LogP contribution in [0.1, 0.15) is 32.4 Å². The van der Waals surface area contributed by atoms with Crippen molar-refractivity contribution in [2.24, 2.45) is 10.9 Å². The standard InChI is InChI=1S/C16H25N5O/c1-4-17-16(19-10-14-6-5-9-22-14)20-11-15-18-7-8-21(15)12-13(2)3/h5-9,13H,4,10-12H2,1-3H3,(H2,17,19,20). The molecule has 0 atom stereocenters. The molecule has 2 N–H and O–H groups in total. The predicted octanol–water partition coefficient (Wildman–Crippen LogP) is 2.39. The number of imidazole rings is 1. The van der Waals surface area contributed by atoms with E-state index in [-0.39, 0.29) is 0 Å². The number of aromatic nitrogens is 2. The predicted molar refractivity (Wildman–Crippen MR) is 87.4 cm³/mol. The van der Waals surface area contributed by atoms with Crippen molar-refractivity contribution < 1.29 is 4.42 Å². The zero-order valence-corrected chi connectivity index (χ0v) is 13.5. The van der Waals surface area contributed by atoms with Crippen LogP contribution in [0.2, 0.25) is 0 Å². The molecule has 120 valence electrons. The monoisotopic (exact) mass is 303 g/mol. The van der Waals surface area contributed by atoms with Gasteiger partial charge in [0, 0.05) is 25.5 Å². The lowest BCUT2D eigenvalue weighted by molar-refractivity contribution is 0.500. The van der Waals surface area contributed by atoms with E-state index in [1.807, 2.05) is 31.5 Å². The Bertz CT molecular complexity index is 571. The molecule has 0 amide bonds. The molecule has 0 saturated carbocycles. The maximum absolute atomic E-state index is 5.31. The summed E-state index contributed by atoms with van der Waals surface area (Å²) in [7, 11) is 0. The summed E-state index contributed by atoms with van der Waals surface area (Å²) < 4.78 is 7.47. The minimum absolute atomic E-state index is 0.549.